The minimum atomic E-state index is -0.520. The highest BCUT2D eigenvalue weighted by atomic mass is 15.1. The molecule has 0 radical (unpaired) electrons. The Balaban J connectivity index is 0.881. The maximum Gasteiger partial charge on any atom is 0.0714 e. The predicted octanol–water partition coefficient (Wildman–Crippen LogP) is 21.3. The van der Waals surface area contributed by atoms with Crippen LogP contribution in [0.1, 0.15) is 22.3 Å². The topological polar surface area (TPSA) is 6.48 Å². The largest absolute Gasteiger partial charge is 0.311 e. The average Bonchev–Trinajstić information content (AvgIpc) is 3.95. The molecule has 0 N–H and O–H groups in total. The van der Waals surface area contributed by atoms with Crippen molar-refractivity contribution in [2.75, 3.05) is 9.80 Å². The van der Waals surface area contributed by atoms with Gasteiger partial charge in [0, 0.05) is 34.1 Å². The molecule has 0 saturated carbocycles. The van der Waals surface area contributed by atoms with Gasteiger partial charge in [-0.3, -0.25) is 0 Å². The van der Waals surface area contributed by atoms with Gasteiger partial charge in [-0.1, -0.05) is 255 Å². The molecule has 1 aliphatic rings. The fourth-order valence-corrected chi connectivity index (χ4v) is 12.4. The second-order valence-electron chi connectivity index (χ2n) is 20.8. The zero-order valence-corrected chi connectivity index (χ0v) is 44.7. The highest BCUT2D eigenvalue weighted by Gasteiger charge is 2.46. The van der Waals surface area contributed by atoms with Crippen LogP contribution in [0.2, 0.25) is 0 Å². The lowest BCUT2D eigenvalue weighted by Gasteiger charge is -2.35. The molecule has 0 fully saturated rings. The van der Waals surface area contributed by atoms with E-state index >= 15 is 0 Å². The van der Waals surface area contributed by atoms with Crippen molar-refractivity contribution in [2.24, 2.45) is 0 Å². The van der Waals surface area contributed by atoms with Crippen LogP contribution in [-0.2, 0) is 5.41 Å². The third-order valence-corrected chi connectivity index (χ3v) is 16.2. The summed E-state index contributed by atoms with van der Waals surface area (Å²) in [5.41, 5.74) is 25.3. The lowest BCUT2D eigenvalue weighted by atomic mass is 9.67. The fourth-order valence-electron chi connectivity index (χ4n) is 12.4. The monoisotopic (exact) mass is 1030 g/mol. The van der Waals surface area contributed by atoms with E-state index < -0.39 is 5.41 Å². The summed E-state index contributed by atoms with van der Waals surface area (Å²) >= 11 is 0. The number of para-hydroxylation sites is 2. The molecule has 0 unspecified atom stereocenters. The van der Waals surface area contributed by atoms with Gasteiger partial charge in [0.25, 0.3) is 0 Å². The van der Waals surface area contributed by atoms with Crippen LogP contribution in [-0.4, -0.2) is 0 Å². The molecule has 0 aliphatic heterocycles. The Morgan fingerprint density at radius 2 is 0.457 bits per heavy atom. The normalized spacial score (nSPS) is 12.0. The molecule has 0 aromatic heterocycles. The van der Waals surface area contributed by atoms with Crippen LogP contribution in [0.25, 0.3) is 66.8 Å². The van der Waals surface area contributed by atoms with Crippen LogP contribution in [0.15, 0.2) is 340 Å². The zero-order chi connectivity index (χ0) is 54.0. The molecule has 0 saturated heterocycles. The number of fused-ring (bicyclic) bond motifs is 3. The molecule has 13 aromatic carbocycles. The van der Waals surface area contributed by atoms with Crippen molar-refractivity contribution in [1.29, 1.82) is 0 Å². The van der Waals surface area contributed by atoms with E-state index in [1.54, 1.807) is 0 Å². The molecule has 0 atom stereocenters. The molecule has 0 bridgehead atoms. The molecule has 1 aliphatic carbocycles. The van der Waals surface area contributed by atoms with E-state index in [2.05, 4.69) is 350 Å². The Hall–Kier alpha value is -10.5. The quantitative estimate of drug-likeness (QED) is 0.114. The van der Waals surface area contributed by atoms with Gasteiger partial charge in [0.1, 0.15) is 0 Å². The highest BCUT2D eigenvalue weighted by Crippen LogP contribution is 2.57. The first kappa shape index (κ1) is 48.8. The van der Waals surface area contributed by atoms with E-state index in [-0.39, 0.29) is 0 Å². The Labute approximate surface area is 475 Å². The summed E-state index contributed by atoms with van der Waals surface area (Å²) in [5.74, 6) is 0. The summed E-state index contributed by atoms with van der Waals surface area (Å²) in [6.45, 7) is 0. The van der Waals surface area contributed by atoms with E-state index in [1.165, 1.54) is 66.8 Å². The van der Waals surface area contributed by atoms with Gasteiger partial charge < -0.3 is 9.80 Å². The summed E-state index contributed by atoms with van der Waals surface area (Å²) in [7, 11) is 0. The summed E-state index contributed by atoms with van der Waals surface area (Å²) in [6, 6.07) is 124. The predicted molar refractivity (Wildman–Crippen MR) is 340 cm³/mol. The summed E-state index contributed by atoms with van der Waals surface area (Å²) in [5, 5.41) is 0. The molecule has 0 spiro atoms. The molecule has 13 aromatic rings. The van der Waals surface area contributed by atoms with Crippen LogP contribution in [0.4, 0.5) is 34.1 Å². The number of anilines is 6. The van der Waals surface area contributed by atoms with E-state index in [0.29, 0.717) is 0 Å². The van der Waals surface area contributed by atoms with Gasteiger partial charge in [-0.25, -0.2) is 0 Å². The Bertz CT molecular complexity index is 4220. The first-order valence-corrected chi connectivity index (χ1v) is 27.9. The van der Waals surface area contributed by atoms with Crippen LogP contribution in [0.3, 0.4) is 0 Å². The van der Waals surface area contributed by atoms with Gasteiger partial charge in [0.15, 0.2) is 0 Å². The molecule has 0 heterocycles. The molecule has 0 amide bonds. The first-order valence-electron chi connectivity index (χ1n) is 27.9. The van der Waals surface area contributed by atoms with Crippen LogP contribution < -0.4 is 9.80 Å². The standard InChI is InChI=1S/C79H56N2/c1-8-24-57(25-9-1)58-40-46-67(47-41-58)80(65-34-18-6-19-35-65)68-48-42-61(43-49-68)75-55-74(60-28-12-3-13-29-60)76(56-73(75)59-26-10-2-11-27-59)62-44-50-69(51-45-62)81(66-36-20-7-21-37-66)70-52-53-72-71-38-22-23-39-77(71)79(78(72)54-70,63-30-14-4-15-31-63)64-32-16-5-17-33-64/h1-56H. The fraction of sp³-hybridized carbons (Fsp3) is 0.0127. The molecule has 81 heavy (non-hydrogen) atoms. The van der Waals surface area contributed by atoms with E-state index in [9.17, 15) is 0 Å². The van der Waals surface area contributed by atoms with Crippen LogP contribution in [0, 0.1) is 0 Å². The van der Waals surface area contributed by atoms with Gasteiger partial charge in [0.05, 0.1) is 5.41 Å². The molecule has 2 heteroatoms. The van der Waals surface area contributed by atoms with E-state index in [4.69, 9.17) is 0 Å². The summed E-state index contributed by atoms with van der Waals surface area (Å²) in [6.07, 6.45) is 0. The SMILES string of the molecule is c1ccc(-c2ccc(N(c3ccccc3)c3ccc(-c4cc(-c5ccccc5)c(-c5ccc(N(c6ccccc6)c6ccc7c(c6)C(c6ccccc6)(c6ccccc6)c6ccccc6-7)cc5)cc4-c4ccccc4)cc3)cc2)cc1. The van der Waals surface area contributed by atoms with Gasteiger partial charge in [-0.2, -0.15) is 0 Å². The van der Waals surface area contributed by atoms with Crippen molar-refractivity contribution >= 4 is 34.1 Å². The number of nitrogens with zero attached hydrogens (tertiary/aromatic N) is 2. The van der Waals surface area contributed by atoms with Crippen LogP contribution >= 0.6 is 0 Å². The first-order chi connectivity index (χ1) is 40.2. The summed E-state index contributed by atoms with van der Waals surface area (Å²) in [4.78, 5) is 4.75. The maximum atomic E-state index is 2.45. The second kappa shape index (κ2) is 21.4. The van der Waals surface area contributed by atoms with Crippen molar-refractivity contribution in [1.82, 2.24) is 0 Å². The Morgan fingerprint density at radius 1 is 0.173 bits per heavy atom. The minimum Gasteiger partial charge on any atom is -0.311 e. The van der Waals surface area contributed by atoms with Gasteiger partial charge >= 0.3 is 0 Å². The van der Waals surface area contributed by atoms with Gasteiger partial charge in [0.2, 0.25) is 0 Å². The smallest absolute Gasteiger partial charge is 0.0714 e. The maximum absolute atomic E-state index is 2.45. The van der Waals surface area contributed by atoms with Crippen molar-refractivity contribution < 1.29 is 0 Å². The molecular formula is C79H56N2. The number of rotatable bonds is 13. The lowest BCUT2D eigenvalue weighted by Crippen LogP contribution is -2.28. The number of hydrogen-bond acceptors (Lipinski definition) is 2. The third-order valence-electron chi connectivity index (χ3n) is 16.2. The molecule has 382 valence electrons. The van der Waals surface area contributed by atoms with Crippen molar-refractivity contribution in [3.8, 4) is 66.8 Å². The molecule has 2 nitrogen and oxygen atoms in total. The average molecular weight is 1030 g/mol. The van der Waals surface area contributed by atoms with Crippen molar-refractivity contribution in [3.63, 3.8) is 0 Å². The summed E-state index contributed by atoms with van der Waals surface area (Å²) < 4.78 is 0. The van der Waals surface area contributed by atoms with E-state index in [0.717, 1.165) is 56.4 Å². The Morgan fingerprint density at radius 3 is 0.889 bits per heavy atom. The number of benzene rings is 13. The molecule has 14 rings (SSSR count). The number of hydrogen-bond donors (Lipinski definition) is 0. The molecular weight excluding hydrogens is 977 g/mol. The van der Waals surface area contributed by atoms with E-state index in [1.807, 2.05) is 0 Å². The lowest BCUT2D eigenvalue weighted by molar-refractivity contribution is 0.768. The Kier molecular flexibility index (Phi) is 12.9. The zero-order valence-electron chi connectivity index (χ0n) is 44.7. The van der Waals surface area contributed by atoms with Crippen molar-refractivity contribution in [3.05, 3.63) is 362 Å². The van der Waals surface area contributed by atoms with Gasteiger partial charge in [-0.15, -0.1) is 0 Å². The van der Waals surface area contributed by atoms with Crippen molar-refractivity contribution in [2.45, 2.75) is 5.41 Å². The minimum absolute atomic E-state index is 0.520. The third kappa shape index (κ3) is 9.00. The highest BCUT2D eigenvalue weighted by molar-refractivity contribution is 5.97. The van der Waals surface area contributed by atoms with Gasteiger partial charge in [-0.05, 0) is 174 Å². The second-order valence-corrected chi connectivity index (χ2v) is 20.8. The van der Waals surface area contributed by atoms with Crippen LogP contribution in [0.5, 0.6) is 0 Å².